The van der Waals surface area contributed by atoms with E-state index in [0.717, 1.165) is 70.0 Å². The Balaban J connectivity index is 1.16. The van der Waals surface area contributed by atoms with Gasteiger partial charge in [-0.2, -0.15) is 0 Å². The third-order valence-electron chi connectivity index (χ3n) is 7.69. The lowest BCUT2D eigenvalue weighted by molar-refractivity contribution is -0.123. The summed E-state index contributed by atoms with van der Waals surface area (Å²) in [4.78, 5) is 19.8. The van der Waals surface area contributed by atoms with Crippen LogP contribution in [-0.4, -0.2) is 33.6 Å². The predicted octanol–water partition coefficient (Wildman–Crippen LogP) is 7.71. The number of alkyl halides is 2. The van der Waals surface area contributed by atoms with Crippen LogP contribution in [0, 0.1) is 12.8 Å². The van der Waals surface area contributed by atoms with Crippen LogP contribution in [-0.2, 0) is 11.2 Å². The first-order chi connectivity index (χ1) is 18.8. The zero-order valence-corrected chi connectivity index (χ0v) is 22.9. The van der Waals surface area contributed by atoms with Crippen molar-refractivity contribution in [1.29, 1.82) is 0 Å². The summed E-state index contributed by atoms with van der Waals surface area (Å²) >= 11 is 1.65. The van der Waals surface area contributed by atoms with Crippen LogP contribution in [0.4, 0.5) is 14.5 Å². The number of amides is 1. The first-order valence-electron chi connectivity index (χ1n) is 13.8. The number of halogens is 2. The van der Waals surface area contributed by atoms with E-state index in [4.69, 9.17) is 4.42 Å². The van der Waals surface area contributed by atoms with Crippen LogP contribution in [0.25, 0.3) is 21.3 Å². The van der Waals surface area contributed by atoms with Crippen molar-refractivity contribution in [2.75, 3.05) is 11.4 Å². The number of fused-ring (bicyclic) bond motifs is 1. The van der Waals surface area contributed by atoms with Gasteiger partial charge in [0, 0.05) is 43.3 Å². The highest BCUT2D eigenvalue weighted by molar-refractivity contribution is 7.18. The molecule has 1 amide bonds. The fourth-order valence-electron chi connectivity index (χ4n) is 5.41. The number of aryl methyl sites for hydroxylation is 2. The van der Waals surface area contributed by atoms with Gasteiger partial charge in [-0.05, 0) is 74.4 Å². The zero-order chi connectivity index (χ0) is 27.0. The standard InChI is InChI=1S/C30H32F2N4O2S/c1-19-33-25-12-11-22(17-26(25)39-19)21-6-5-7-24(16-21)36(29(37)23-13-14-30(31,32)18-23)15-4-2-3-8-27-34-35-28(38-27)20-9-10-20/h5-7,11-12,16-17,20,23H,2-4,8-10,13-15,18H2,1H3. The second-order valence-electron chi connectivity index (χ2n) is 10.9. The molecule has 2 aromatic heterocycles. The van der Waals surface area contributed by atoms with E-state index >= 15 is 0 Å². The summed E-state index contributed by atoms with van der Waals surface area (Å²) in [5, 5.41) is 9.31. The molecule has 204 valence electrons. The SMILES string of the molecule is Cc1nc2ccc(-c3cccc(N(CCCCCc4nnc(C5CC5)o4)C(=O)C4CCC(F)(F)C4)c3)cc2s1. The van der Waals surface area contributed by atoms with Gasteiger partial charge < -0.3 is 9.32 Å². The topological polar surface area (TPSA) is 72.1 Å². The lowest BCUT2D eigenvalue weighted by Crippen LogP contribution is -2.36. The fraction of sp³-hybridized carbons (Fsp3) is 0.467. The maximum atomic E-state index is 14.0. The second-order valence-corrected chi connectivity index (χ2v) is 12.1. The highest BCUT2D eigenvalue weighted by Gasteiger charge is 2.43. The summed E-state index contributed by atoms with van der Waals surface area (Å²) in [6.07, 6.45) is 5.08. The van der Waals surface area contributed by atoms with E-state index in [0.29, 0.717) is 24.8 Å². The lowest BCUT2D eigenvalue weighted by Gasteiger charge is -2.26. The van der Waals surface area contributed by atoms with Gasteiger partial charge in [0.05, 0.1) is 15.2 Å². The molecule has 2 heterocycles. The number of carbonyl (C=O) groups excluding carboxylic acids is 1. The van der Waals surface area contributed by atoms with Crippen molar-refractivity contribution >= 4 is 33.1 Å². The zero-order valence-electron chi connectivity index (χ0n) is 22.0. The average Bonchev–Trinajstić information content (AvgIpc) is 3.36. The number of hydrogen-bond acceptors (Lipinski definition) is 6. The van der Waals surface area contributed by atoms with Crippen molar-refractivity contribution < 1.29 is 18.0 Å². The number of nitrogens with zero attached hydrogens (tertiary/aromatic N) is 4. The number of aromatic nitrogens is 3. The molecule has 4 aromatic rings. The number of benzene rings is 2. The van der Waals surface area contributed by atoms with E-state index in [1.807, 2.05) is 43.3 Å². The van der Waals surface area contributed by atoms with Crippen LogP contribution in [0.5, 0.6) is 0 Å². The Morgan fingerprint density at radius 1 is 1.08 bits per heavy atom. The van der Waals surface area contributed by atoms with Crippen LogP contribution >= 0.6 is 11.3 Å². The molecule has 2 aliphatic rings. The molecule has 39 heavy (non-hydrogen) atoms. The molecule has 0 N–H and O–H groups in total. The summed E-state index contributed by atoms with van der Waals surface area (Å²) in [6.45, 7) is 2.48. The molecule has 0 radical (unpaired) electrons. The molecule has 6 nitrogen and oxygen atoms in total. The van der Waals surface area contributed by atoms with Crippen molar-refractivity contribution in [3.05, 3.63) is 59.3 Å². The molecule has 0 saturated heterocycles. The Labute approximate surface area is 230 Å². The Morgan fingerprint density at radius 3 is 2.72 bits per heavy atom. The summed E-state index contributed by atoms with van der Waals surface area (Å²) in [7, 11) is 0. The van der Waals surface area contributed by atoms with Gasteiger partial charge in [0.1, 0.15) is 0 Å². The molecular formula is C30H32F2N4O2S. The molecular weight excluding hydrogens is 518 g/mol. The molecule has 0 aliphatic heterocycles. The largest absolute Gasteiger partial charge is 0.425 e. The van der Waals surface area contributed by atoms with Gasteiger partial charge in [-0.15, -0.1) is 21.5 Å². The maximum Gasteiger partial charge on any atom is 0.248 e. The van der Waals surface area contributed by atoms with E-state index in [-0.39, 0.29) is 25.2 Å². The molecule has 1 atom stereocenters. The molecule has 1 unspecified atom stereocenters. The van der Waals surface area contributed by atoms with Crippen molar-refractivity contribution in [3.8, 4) is 11.1 Å². The Bertz CT molecular complexity index is 1480. The highest BCUT2D eigenvalue weighted by atomic mass is 32.1. The smallest absolute Gasteiger partial charge is 0.248 e. The van der Waals surface area contributed by atoms with Crippen molar-refractivity contribution in [2.24, 2.45) is 5.92 Å². The number of rotatable bonds is 10. The number of thiazole rings is 1. The van der Waals surface area contributed by atoms with Crippen molar-refractivity contribution in [1.82, 2.24) is 15.2 Å². The van der Waals surface area contributed by atoms with Gasteiger partial charge in [-0.1, -0.05) is 24.6 Å². The number of carbonyl (C=O) groups is 1. The molecule has 2 aliphatic carbocycles. The molecule has 0 spiro atoms. The number of unbranched alkanes of at least 4 members (excludes halogenated alkanes) is 2. The summed E-state index contributed by atoms with van der Waals surface area (Å²) < 4.78 is 34.9. The van der Waals surface area contributed by atoms with Crippen LogP contribution in [0.3, 0.4) is 0 Å². The van der Waals surface area contributed by atoms with E-state index in [1.54, 1.807) is 16.2 Å². The predicted molar refractivity (Wildman–Crippen MR) is 148 cm³/mol. The third-order valence-corrected chi connectivity index (χ3v) is 8.62. The third kappa shape index (κ3) is 6.03. The van der Waals surface area contributed by atoms with E-state index in [9.17, 15) is 13.6 Å². The lowest BCUT2D eigenvalue weighted by atomic mass is 10.0. The summed E-state index contributed by atoms with van der Waals surface area (Å²) in [5.41, 5.74) is 3.75. The normalized spacial score (nSPS) is 18.6. The van der Waals surface area contributed by atoms with E-state index in [2.05, 4.69) is 21.2 Å². The molecule has 2 fully saturated rings. The minimum atomic E-state index is -2.76. The Morgan fingerprint density at radius 2 is 1.92 bits per heavy atom. The minimum absolute atomic E-state index is 0.205. The van der Waals surface area contributed by atoms with Gasteiger partial charge in [0.15, 0.2) is 0 Å². The molecule has 0 bridgehead atoms. The highest BCUT2D eigenvalue weighted by Crippen LogP contribution is 2.41. The second kappa shape index (κ2) is 10.8. The number of anilines is 1. The average molecular weight is 551 g/mol. The van der Waals surface area contributed by atoms with Gasteiger partial charge in [0.25, 0.3) is 0 Å². The van der Waals surface area contributed by atoms with Gasteiger partial charge >= 0.3 is 0 Å². The van der Waals surface area contributed by atoms with Crippen LogP contribution in [0.15, 0.2) is 46.9 Å². The molecule has 6 rings (SSSR count). The van der Waals surface area contributed by atoms with Crippen molar-refractivity contribution in [2.45, 2.75) is 76.6 Å². The maximum absolute atomic E-state index is 14.0. The molecule has 9 heteroatoms. The van der Waals surface area contributed by atoms with Gasteiger partial charge in [-0.3, -0.25) is 4.79 Å². The van der Waals surface area contributed by atoms with Crippen molar-refractivity contribution in [3.63, 3.8) is 0 Å². The van der Waals surface area contributed by atoms with E-state index in [1.165, 1.54) is 0 Å². The Hall–Kier alpha value is -3.20. The fourth-order valence-corrected chi connectivity index (χ4v) is 6.27. The molecule has 2 saturated carbocycles. The van der Waals surface area contributed by atoms with Crippen LogP contribution < -0.4 is 4.90 Å². The van der Waals surface area contributed by atoms with E-state index < -0.39 is 11.8 Å². The van der Waals surface area contributed by atoms with Gasteiger partial charge in [0.2, 0.25) is 23.6 Å². The van der Waals surface area contributed by atoms with Crippen LogP contribution in [0.2, 0.25) is 0 Å². The first-order valence-corrected chi connectivity index (χ1v) is 14.7. The first kappa shape index (κ1) is 26.0. The summed E-state index contributed by atoms with van der Waals surface area (Å²) in [6, 6.07) is 14.0. The van der Waals surface area contributed by atoms with Gasteiger partial charge in [-0.25, -0.2) is 13.8 Å². The minimum Gasteiger partial charge on any atom is -0.425 e. The Kier molecular flexibility index (Phi) is 7.18. The number of hydrogen-bond donors (Lipinski definition) is 0. The monoisotopic (exact) mass is 550 g/mol. The quantitative estimate of drug-likeness (QED) is 0.189. The van der Waals surface area contributed by atoms with Crippen LogP contribution in [0.1, 0.15) is 74.1 Å². The molecule has 2 aromatic carbocycles. The summed E-state index contributed by atoms with van der Waals surface area (Å²) in [5.74, 6) is -1.77.